The zero-order valence-electron chi connectivity index (χ0n) is 11.8. The van der Waals surface area contributed by atoms with E-state index in [1.807, 2.05) is 38.1 Å². The number of rotatable bonds is 5. The minimum Gasteiger partial charge on any atom is -0.326 e. The molecule has 2 rings (SSSR count). The van der Waals surface area contributed by atoms with Crippen molar-refractivity contribution in [2.24, 2.45) is 5.92 Å². The highest BCUT2D eigenvalue weighted by atomic mass is 16.1. The standard InChI is InChI=1S/C16H19N3O/c1-3-12(4-2)16(20)19-15-7-5-6-13(8-15)14-9-17-11-18-10-14/h5-12H,3-4H2,1-2H3,(H,19,20). The number of anilines is 1. The zero-order chi connectivity index (χ0) is 14.4. The molecule has 0 atom stereocenters. The van der Waals surface area contributed by atoms with Crippen LogP contribution in [0.15, 0.2) is 43.0 Å². The van der Waals surface area contributed by atoms with Crippen LogP contribution in [0.3, 0.4) is 0 Å². The summed E-state index contributed by atoms with van der Waals surface area (Å²) in [5, 5.41) is 2.97. The number of carbonyl (C=O) groups is 1. The lowest BCUT2D eigenvalue weighted by atomic mass is 10.0. The van der Waals surface area contributed by atoms with Gasteiger partial charge in [0.05, 0.1) is 0 Å². The molecule has 0 unspecified atom stereocenters. The molecule has 0 aliphatic heterocycles. The third-order valence-electron chi connectivity index (χ3n) is 3.38. The van der Waals surface area contributed by atoms with Gasteiger partial charge in [0.2, 0.25) is 5.91 Å². The number of amides is 1. The Hall–Kier alpha value is -2.23. The van der Waals surface area contributed by atoms with Gasteiger partial charge in [-0.1, -0.05) is 26.0 Å². The molecule has 1 heterocycles. The van der Waals surface area contributed by atoms with Gasteiger partial charge in [-0.3, -0.25) is 4.79 Å². The number of aromatic nitrogens is 2. The first-order chi connectivity index (χ1) is 9.74. The van der Waals surface area contributed by atoms with Gasteiger partial charge in [0, 0.05) is 29.6 Å². The molecule has 0 saturated heterocycles. The Labute approximate surface area is 119 Å². The van der Waals surface area contributed by atoms with E-state index in [1.165, 1.54) is 6.33 Å². The summed E-state index contributed by atoms with van der Waals surface area (Å²) in [6.07, 6.45) is 6.73. The second-order valence-corrected chi connectivity index (χ2v) is 4.71. The van der Waals surface area contributed by atoms with E-state index < -0.39 is 0 Å². The second-order valence-electron chi connectivity index (χ2n) is 4.71. The van der Waals surface area contributed by atoms with Crippen molar-refractivity contribution in [3.05, 3.63) is 43.0 Å². The summed E-state index contributed by atoms with van der Waals surface area (Å²) in [5.74, 6) is 0.148. The molecule has 4 nitrogen and oxygen atoms in total. The third-order valence-corrected chi connectivity index (χ3v) is 3.38. The fraction of sp³-hybridized carbons (Fsp3) is 0.312. The SMILES string of the molecule is CCC(CC)C(=O)Nc1cccc(-c2cncnc2)c1. The quantitative estimate of drug-likeness (QED) is 0.903. The smallest absolute Gasteiger partial charge is 0.227 e. The number of nitrogens with zero attached hydrogens (tertiary/aromatic N) is 2. The summed E-state index contributed by atoms with van der Waals surface area (Å²) in [5.41, 5.74) is 2.74. The van der Waals surface area contributed by atoms with Crippen LogP contribution in [-0.2, 0) is 4.79 Å². The largest absolute Gasteiger partial charge is 0.326 e. The second kappa shape index (κ2) is 6.80. The molecule has 1 aromatic heterocycles. The van der Waals surface area contributed by atoms with Crippen molar-refractivity contribution in [2.45, 2.75) is 26.7 Å². The molecule has 0 bridgehead atoms. The van der Waals surface area contributed by atoms with Crippen LogP contribution in [0, 0.1) is 5.92 Å². The van der Waals surface area contributed by atoms with Gasteiger partial charge in [0.25, 0.3) is 0 Å². The maximum atomic E-state index is 12.1. The van der Waals surface area contributed by atoms with Gasteiger partial charge in [0.1, 0.15) is 6.33 Å². The van der Waals surface area contributed by atoms with E-state index in [2.05, 4.69) is 15.3 Å². The summed E-state index contributed by atoms with van der Waals surface area (Å²) in [7, 11) is 0. The summed E-state index contributed by atoms with van der Waals surface area (Å²) in [6, 6.07) is 7.74. The van der Waals surface area contributed by atoms with Gasteiger partial charge in [-0.15, -0.1) is 0 Å². The molecule has 0 aliphatic rings. The first-order valence-electron chi connectivity index (χ1n) is 6.91. The highest BCUT2D eigenvalue weighted by molar-refractivity contribution is 5.93. The van der Waals surface area contributed by atoms with Gasteiger partial charge in [-0.25, -0.2) is 9.97 Å². The van der Waals surface area contributed by atoms with E-state index >= 15 is 0 Å². The predicted octanol–water partition coefficient (Wildman–Crippen LogP) is 3.52. The lowest BCUT2D eigenvalue weighted by Gasteiger charge is -2.13. The number of benzene rings is 1. The molecule has 0 radical (unpaired) electrons. The van der Waals surface area contributed by atoms with Crippen LogP contribution < -0.4 is 5.32 Å². The maximum absolute atomic E-state index is 12.1. The first kappa shape index (κ1) is 14.2. The van der Waals surface area contributed by atoms with Crippen LogP contribution in [-0.4, -0.2) is 15.9 Å². The minimum atomic E-state index is 0.0683. The van der Waals surface area contributed by atoms with Gasteiger partial charge in [-0.2, -0.15) is 0 Å². The topological polar surface area (TPSA) is 54.9 Å². The van der Waals surface area contributed by atoms with Crippen molar-refractivity contribution in [3.8, 4) is 11.1 Å². The van der Waals surface area contributed by atoms with Crippen molar-refractivity contribution >= 4 is 11.6 Å². The molecule has 1 aromatic carbocycles. The average molecular weight is 269 g/mol. The molecule has 2 aromatic rings. The highest BCUT2D eigenvalue weighted by Gasteiger charge is 2.14. The van der Waals surface area contributed by atoms with Crippen molar-refractivity contribution < 1.29 is 4.79 Å². The van der Waals surface area contributed by atoms with Crippen molar-refractivity contribution in [1.29, 1.82) is 0 Å². The maximum Gasteiger partial charge on any atom is 0.227 e. The molecule has 0 saturated carbocycles. The van der Waals surface area contributed by atoms with Crippen molar-refractivity contribution in [3.63, 3.8) is 0 Å². The molecule has 1 N–H and O–H groups in total. The lowest BCUT2D eigenvalue weighted by Crippen LogP contribution is -2.21. The van der Waals surface area contributed by atoms with Crippen LogP contribution in [0.5, 0.6) is 0 Å². The van der Waals surface area contributed by atoms with Gasteiger partial charge in [-0.05, 0) is 30.5 Å². The third kappa shape index (κ3) is 3.41. The molecule has 4 heteroatoms. The monoisotopic (exact) mass is 269 g/mol. The Morgan fingerprint density at radius 3 is 2.50 bits per heavy atom. The Morgan fingerprint density at radius 1 is 1.15 bits per heavy atom. The van der Waals surface area contributed by atoms with E-state index in [-0.39, 0.29) is 11.8 Å². The number of hydrogen-bond acceptors (Lipinski definition) is 3. The van der Waals surface area contributed by atoms with E-state index in [0.717, 1.165) is 29.7 Å². The molecule has 20 heavy (non-hydrogen) atoms. The van der Waals surface area contributed by atoms with Crippen LogP contribution in [0.2, 0.25) is 0 Å². The summed E-state index contributed by atoms with van der Waals surface area (Å²) >= 11 is 0. The molecular formula is C16H19N3O. The van der Waals surface area contributed by atoms with Crippen LogP contribution >= 0.6 is 0 Å². The van der Waals surface area contributed by atoms with E-state index in [9.17, 15) is 4.79 Å². The summed E-state index contributed by atoms with van der Waals surface area (Å²) in [6.45, 7) is 4.07. The zero-order valence-corrected chi connectivity index (χ0v) is 11.8. The van der Waals surface area contributed by atoms with Crippen LogP contribution in [0.25, 0.3) is 11.1 Å². The van der Waals surface area contributed by atoms with Gasteiger partial charge < -0.3 is 5.32 Å². The number of carbonyl (C=O) groups excluding carboxylic acids is 1. The molecule has 0 spiro atoms. The van der Waals surface area contributed by atoms with E-state index in [4.69, 9.17) is 0 Å². The predicted molar refractivity (Wildman–Crippen MR) is 80.2 cm³/mol. The van der Waals surface area contributed by atoms with Crippen LogP contribution in [0.4, 0.5) is 5.69 Å². The van der Waals surface area contributed by atoms with E-state index in [0.29, 0.717) is 0 Å². The lowest BCUT2D eigenvalue weighted by molar-refractivity contribution is -0.120. The number of hydrogen-bond donors (Lipinski definition) is 1. The first-order valence-corrected chi connectivity index (χ1v) is 6.91. The molecule has 0 aliphatic carbocycles. The van der Waals surface area contributed by atoms with Crippen molar-refractivity contribution in [2.75, 3.05) is 5.32 Å². The average Bonchev–Trinajstić information content (AvgIpc) is 2.49. The normalized spacial score (nSPS) is 10.6. The van der Waals surface area contributed by atoms with E-state index in [1.54, 1.807) is 12.4 Å². The van der Waals surface area contributed by atoms with Gasteiger partial charge in [0.15, 0.2) is 0 Å². The van der Waals surface area contributed by atoms with Gasteiger partial charge >= 0.3 is 0 Å². The molecule has 0 fully saturated rings. The fourth-order valence-corrected chi connectivity index (χ4v) is 2.13. The molecular weight excluding hydrogens is 250 g/mol. The molecule has 104 valence electrons. The number of nitrogens with one attached hydrogen (secondary N) is 1. The van der Waals surface area contributed by atoms with Crippen molar-refractivity contribution in [1.82, 2.24) is 9.97 Å². The highest BCUT2D eigenvalue weighted by Crippen LogP contribution is 2.22. The minimum absolute atomic E-state index is 0.0683. The Morgan fingerprint density at radius 2 is 1.85 bits per heavy atom. The van der Waals surface area contributed by atoms with Crippen LogP contribution in [0.1, 0.15) is 26.7 Å². The summed E-state index contributed by atoms with van der Waals surface area (Å²) < 4.78 is 0. The Kier molecular flexibility index (Phi) is 4.82. The fourth-order valence-electron chi connectivity index (χ4n) is 2.13. The Bertz CT molecular complexity index is 565. The Balaban J connectivity index is 2.17. The summed E-state index contributed by atoms with van der Waals surface area (Å²) in [4.78, 5) is 20.1. The molecule has 1 amide bonds.